The SMILES string of the molecule is C=CCNC(=O)c1ccc(NC(=O)CNc2ccc(C)cc2C)cc1. The maximum absolute atomic E-state index is 12.1. The van der Waals surface area contributed by atoms with E-state index in [4.69, 9.17) is 0 Å². The van der Waals surface area contributed by atoms with Crippen molar-refractivity contribution in [3.8, 4) is 0 Å². The second-order valence-corrected chi connectivity index (χ2v) is 5.80. The first-order chi connectivity index (χ1) is 12.0. The van der Waals surface area contributed by atoms with Crippen molar-refractivity contribution in [2.75, 3.05) is 23.7 Å². The highest BCUT2D eigenvalue weighted by atomic mass is 16.2. The minimum Gasteiger partial charge on any atom is -0.376 e. The van der Waals surface area contributed by atoms with Crippen molar-refractivity contribution in [2.45, 2.75) is 13.8 Å². The van der Waals surface area contributed by atoms with E-state index in [1.807, 2.05) is 26.0 Å². The Kier molecular flexibility index (Phi) is 6.34. The van der Waals surface area contributed by atoms with Crippen LogP contribution in [0.25, 0.3) is 0 Å². The number of rotatable bonds is 7. The molecule has 3 N–H and O–H groups in total. The highest BCUT2D eigenvalue weighted by molar-refractivity contribution is 5.96. The van der Waals surface area contributed by atoms with Crippen molar-refractivity contribution >= 4 is 23.2 Å². The van der Waals surface area contributed by atoms with Crippen LogP contribution >= 0.6 is 0 Å². The summed E-state index contributed by atoms with van der Waals surface area (Å²) >= 11 is 0. The Morgan fingerprint density at radius 3 is 2.44 bits per heavy atom. The molecule has 0 radical (unpaired) electrons. The van der Waals surface area contributed by atoms with Gasteiger partial charge in [-0.25, -0.2) is 0 Å². The molecular weight excluding hydrogens is 314 g/mol. The topological polar surface area (TPSA) is 70.2 Å². The highest BCUT2D eigenvalue weighted by Gasteiger charge is 2.06. The third-order valence-electron chi connectivity index (χ3n) is 3.66. The highest BCUT2D eigenvalue weighted by Crippen LogP contribution is 2.16. The third kappa shape index (κ3) is 5.49. The van der Waals surface area contributed by atoms with Crippen LogP contribution in [0, 0.1) is 13.8 Å². The predicted octanol–water partition coefficient (Wildman–Crippen LogP) is 3.27. The molecule has 5 nitrogen and oxygen atoms in total. The van der Waals surface area contributed by atoms with Crippen LogP contribution < -0.4 is 16.0 Å². The molecular formula is C20H23N3O2. The van der Waals surface area contributed by atoms with E-state index in [2.05, 4.69) is 28.6 Å². The zero-order valence-corrected chi connectivity index (χ0v) is 14.6. The molecule has 0 aliphatic rings. The largest absolute Gasteiger partial charge is 0.376 e. The van der Waals surface area contributed by atoms with Gasteiger partial charge in [0.05, 0.1) is 6.54 Å². The van der Waals surface area contributed by atoms with Gasteiger partial charge in [-0.05, 0) is 49.7 Å². The Morgan fingerprint density at radius 1 is 1.08 bits per heavy atom. The molecule has 0 saturated heterocycles. The quantitative estimate of drug-likeness (QED) is 0.679. The summed E-state index contributed by atoms with van der Waals surface area (Å²) in [5.41, 5.74) is 4.41. The van der Waals surface area contributed by atoms with Crippen LogP contribution in [0.5, 0.6) is 0 Å². The Balaban J connectivity index is 1.87. The van der Waals surface area contributed by atoms with Crippen molar-refractivity contribution in [2.24, 2.45) is 0 Å². The number of aryl methyl sites for hydroxylation is 2. The van der Waals surface area contributed by atoms with E-state index >= 15 is 0 Å². The first-order valence-electron chi connectivity index (χ1n) is 8.09. The number of anilines is 2. The normalized spacial score (nSPS) is 10.0. The van der Waals surface area contributed by atoms with Gasteiger partial charge in [0.15, 0.2) is 0 Å². The molecule has 0 aromatic heterocycles. The molecule has 2 amide bonds. The lowest BCUT2D eigenvalue weighted by atomic mass is 10.1. The third-order valence-corrected chi connectivity index (χ3v) is 3.66. The van der Waals surface area contributed by atoms with Crippen LogP contribution in [0.3, 0.4) is 0 Å². The lowest BCUT2D eigenvalue weighted by molar-refractivity contribution is -0.114. The van der Waals surface area contributed by atoms with Gasteiger partial charge in [-0.3, -0.25) is 9.59 Å². The Hall–Kier alpha value is -3.08. The van der Waals surface area contributed by atoms with Gasteiger partial charge < -0.3 is 16.0 Å². The van der Waals surface area contributed by atoms with E-state index in [0.717, 1.165) is 11.3 Å². The second kappa shape index (κ2) is 8.68. The monoisotopic (exact) mass is 337 g/mol. The van der Waals surface area contributed by atoms with Crippen LogP contribution in [0.4, 0.5) is 11.4 Å². The average molecular weight is 337 g/mol. The standard InChI is InChI=1S/C20H23N3O2/c1-4-11-21-20(25)16-6-8-17(9-7-16)23-19(24)13-22-18-10-5-14(2)12-15(18)3/h4-10,12,22H,1,11,13H2,2-3H3,(H,21,25)(H,23,24). The van der Waals surface area contributed by atoms with E-state index < -0.39 is 0 Å². The minimum atomic E-state index is -0.172. The average Bonchev–Trinajstić information content (AvgIpc) is 2.59. The Labute approximate surface area is 148 Å². The summed E-state index contributed by atoms with van der Waals surface area (Å²) < 4.78 is 0. The molecule has 0 fully saturated rings. The number of hydrogen-bond donors (Lipinski definition) is 3. The summed E-state index contributed by atoms with van der Waals surface area (Å²) in [7, 11) is 0. The molecule has 0 heterocycles. The maximum Gasteiger partial charge on any atom is 0.251 e. The summed E-state index contributed by atoms with van der Waals surface area (Å²) in [5, 5.41) is 8.63. The minimum absolute atomic E-state index is 0.149. The molecule has 0 atom stereocenters. The molecule has 0 unspecified atom stereocenters. The molecule has 0 spiro atoms. The van der Waals surface area contributed by atoms with Gasteiger partial charge in [0.2, 0.25) is 5.91 Å². The van der Waals surface area contributed by atoms with Crippen molar-refractivity contribution in [3.63, 3.8) is 0 Å². The summed E-state index contributed by atoms with van der Waals surface area (Å²) in [5.74, 6) is -0.321. The number of carbonyl (C=O) groups is 2. The molecule has 2 rings (SSSR count). The molecule has 0 aliphatic carbocycles. The summed E-state index contributed by atoms with van der Waals surface area (Å²) in [6.07, 6.45) is 1.62. The van der Waals surface area contributed by atoms with E-state index in [-0.39, 0.29) is 18.4 Å². The summed E-state index contributed by atoms with van der Waals surface area (Å²) in [6, 6.07) is 12.8. The van der Waals surface area contributed by atoms with Crippen molar-refractivity contribution in [1.29, 1.82) is 0 Å². The smallest absolute Gasteiger partial charge is 0.251 e. The summed E-state index contributed by atoms with van der Waals surface area (Å²) in [6.45, 7) is 8.18. The predicted molar refractivity (Wildman–Crippen MR) is 102 cm³/mol. The van der Waals surface area contributed by atoms with Crippen molar-refractivity contribution in [3.05, 3.63) is 71.8 Å². The van der Waals surface area contributed by atoms with Gasteiger partial charge >= 0.3 is 0 Å². The van der Waals surface area contributed by atoms with Gasteiger partial charge in [-0.1, -0.05) is 23.8 Å². The fourth-order valence-electron chi connectivity index (χ4n) is 2.36. The van der Waals surface area contributed by atoms with E-state index in [0.29, 0.717) is 17.8 Å². The van der Waals surface area contributed by atoms with Crippen LogP contribution in [0.2, 0.25) is 0 Å². The number of hydrogen-bond acceptors (Lipinski definition) is 3. The fraction of sp³-hybridized carbons (Fsp3) is 0.200. The van der Waals surface area contributed by atoms with Crippen molar-refractivity contribution in [1.82, 2.24) is 5.32 Å². The van der Waals surface area contributed by atoms with Crippen molar-refractivity contribution < 1.29 is 9.59 Å². The fourth-order valence-corrected chi connectivity index (χ4v) is 2.36. The first kappa shape index (κ1) is 18.3. The van der Waals surface area contributed by atoms with Crippen LogP contribution in [-0.4, -0.2) is 24.9 Å². The second-order valence-electron chi connectivity index (χ2n) is 5.80. The molecule has 0 bridgehead atoms. The van der Waals surface area contributed by atoms with Gasteiger partial charge in [-0.15, -0.1) is 6.58 Å². The van der Waals surface area contributed by atoms with Gasteiger partial charge in [0.25, 0.3) is 5.91 Å². The molecule has 2 aromatic carbocycles. The molecule has 0 saturated carbocycles. The lowest BCUT2D eigenvalue weighted by Gasteiger charge is -2.11. The van der Waals surface area contributed by atoms with E-state index in [9.17, 15) is 9.59 Å². The van der Waals surface area contributed by atoms with Crippen LogP contribution in [-0.2, 0) is 4.79 Å². The number of nitrogens with one attached hydrogen (secondary N) is 3. The molecule has 25 heavy (non-hydrogen) atoms. The van der Waals surface area contributed by atoms with E-state index in [1.165, 1.54) is 5.56 Å². The zero-order chi connectivity index (χ0) is 18.2. The number of carbonyl (C=O) groups excluding carboxylic acids is 2. The molecule has 0 aliphatic heterocycles. The van der Waals surface area contributed by atoms with Crippen LogP contribution in [0.15, 0.2) is 55.1 Å². The van der Waals surface area contributed by atoms with Crippen LogP contribution in [0.1, 0.15) is 21.5 Å². The number of amides is 2. The lowest BCUT2D eigenvalue weighted by Crippen LogP contribution is -2.23. The summed E-state index contributed by atoms with van der Waals surface area (Å²) in [4.78, 5) is 23.9. The molecule has 130 valence electrons. The zero-order valence-electron chi connectivity index (χ0n) is 14.6. The number of benzene rings is 2. The Morgan fingerprint density at radius 2 is 1.80 bits per heavy atom. The van der Waals surface area contributed by atoms with Gasteiger partial charge in [0, 0.05) is 23.5 Å². The van der Waals surface area contributed by atoms with Gasteiger partial charge in [-0.2, -0.15) is 0 Å². The molecule has 5 heteroatoms. The van der Waals surface area contributed by atoms with Gasteiger partial charge in [0.1, 0.15) is 0 Å². The Bertz CT molecular complexity index is 767. The first-order valence-corrected chi connectivity index (χ1v) is 8.09. The molecule has 2 aromatic rings. The maximum atomic E-state index is 12.1. The van der Waals surface area contributed by atoms with E-state index in [1.54, 1.807) is 30.3 Å².